The van der Waals surface area contributed by atoms with Crippen molar-refractivity contribution in [3.63, 3.8) is 0 Å². The van der Waals surface area contributed by atoms with Crippen molar-refractivity contribution in [2.45, 2.75) is 13.8 Å². The second-order valence-electron chi connectivity index (χ2n) is 6.04. The molecule has 27 heavy (non-hydrogen) atoms. The third-order valence-electron chi connectivity index (χ3n) is 4.28. The predicted octanol–water partition coefficient (Wildman–Crippen LogP) is 5.63. The second-order valence-corrected chi connectivity index (χ2v) is 7.50. The maximum atomic E-state index is 12.2. The van der Waals surface area contributed by atoms with Gasteiger partial charge in [0.15, 0.2) is 5.11 Å². The predicted molar refractivity (Wildman–Crippen MR) is 117 cm³/mol. The van der Waals surface area contributed by atoms with Crippen LogP contribution in [0.15, 0.2) is 54.6 Å². The van der Waals surface area contributed by atoms with Gasteiger partial charge in [0, 0.05) is 10.6 Å². The summed E-state index contributed by atoms with van der Waals surface area (Å²) in [5.41, 5.74) is 4.75. The fourth-order valence-electron chi connectivity index (χ4n) is 2.63. The molecule has 1 aromatic heterocycles. The van der Waals surface area contributed by atoms with Crippen molar-refractivity contribution in [1.29, 1.82) is 0 Å². The van der Waals surface area contributed by atoms with Crippen molar-refractivity contribution < 1.29 is 9.53 Å². The Hall–Kier alpha value is -2.70. The monoisotopic (exact) mass is 396 g/mol. The van der Waals surface area contributed by atoms with E-state index in [1.54, 1.807) is 0 Å². The Morgan fingerprint density at radius 3 is 2.48 bits per heavy atom. The van der Waals surface area contributed by atoms with E-state index in [0.29, 0.717) is 15.7 Å². The second kappa shape index (κ2) is 8.33. The number of methoxy groups -OCH3 is 1. The van der Waals surface area contributed by atoms with Gasteiger partial charge in [-0.2, -0.15) is 0 Å². The van der Waals surface area contributed by atoms with Gasteiger partial charge >= 0.3 is 5.97 Å². The first-order valence-corrected chi connectivity index (χ1v) is 9.64. The lowest BCUT2D eigenvalue weighted by Gasteiger charge is -2.13. The zero-order valence-corrected chi connectivity index (χ0v) is 17.0. The molecule has 0 unspecified atom stereocenters. The van der Waals surface area contributed by atoms with Gasteiger partial charge in [0.1, 0.15) is 5.00 Å². The quantitative estimate of drug-likeness (QED) is 0.442. The minimum atomic E-state index is -0.398. The van der Waals surface area contributed by atoms with Crippen LogP contribution in [0, 0.1) is 13.8 Å². The third-order valence-corrected chi connectivity index (χ3v) is 5.58. The molecule has 1 heterocycles. The van der Waals surface area contributed by atoms with Crippen LogP contribution in [0.1, 0.15) is 21.5 Å². The Morgan fingerprint density at radius 2 is 1.78 bits per heavy atom. The maximum absolute atomic E-state index is 12.2. The van der Waals surface area contributed by atoms with Crippen molar-refractivity contribution in [3.05, 3.63) is 71.3 Å². The van der Waals surface area contributed by atoms with Crippen LogP contribution in [0.2, 0.25) is 0 Å². The van der Waals surface area contributed by atoms with Gasteiger partial charge in [-0.3, -0.25) is 0 Å². The van der Waals surface area contributed by atoms with Gasteiger partial charge in [-0.1, -0.05) is 42.5 Å². The van der Waals surface area contributed by atoms with Crippen molar-refractivity contribution in [2.75, 3.05) is 17.7 Å². The van der Waals surface area contributed by atoms with Crippen LogP contribution in [0.5, 0.6) is 0 Å². The molecule has 6 heteroatoms. The minimum Gasteiger partial charge on any atom is -0.465 e. The number of carbonyl (C=O) groups is 1. The van der Waals surface area contributed by atoms with Crippen molar-refractivity contribution in [2.24, 2.45) is 0 Å². The number of thiocarbonyl (C=S) groups is 1. The minimum absolute atomic E-state index is 0.398. The summed E-state index contributed by atoms with van der Waals surface area (Å²) >= 11 is 6.92. The SMILES string of the molecule is COC(=O)c1cc(-c2ccccc2)sc1NC(=S)Nc1cccc(C)c1C. The summed E-state index contributed by atoms with van der Waals surface area (Å²) in [5.74, 6) is -0.398. The normalized spacial score (nSPS) is 10.3. The Balaban J connectivity index is 1.86. The smallest absolute Gasteiger partial charge is 0.340 e. The fraction of sp³-hybridized carbons (Fsp3) is 0.143. The highest BCUT2D eigenvalue weighted by molar-refractivity contribution is 7.80. The van der Waals surface area contributed by atoms with Crippen LogP contribution in [-0.2, 0) is 4.74 Å². The van der Waals surface area contributed by atoms with Gasteiger partial charge < -0.3 is 15.4 Å². The van der Waals surface area contributed by atoms with E-state index < -0.39 is 5.97 Å². The lowest BCUT2D eigenvalue weighted by atomic mass is 10.1. The number of thiophene rings is 1. The largest absolute Gasteiger partial charge is 0.465 e. The fourth-order valence-corrected chi connectivity index (χ4v) is 3.97. The summed E-state index contributed by atoms with van der Waals surface area (Å²) in [4.78, 5) is 13.2. The van der Waals surface area contributed by atoms with Gasteiger partial charge in [0.25, 0.3) is 0 Å². The van der Waals surface area contributed by atoms with Crippen LogP contribution in [0.3, 0.4) is 0 Å². The molecule has 0 saturated heterocycles. The lowest BCUT2D eigenvalue weighted by Crippen LogP contribution is -2.20. The molecule has 4 nitrogen and oxygen atoms in total. The van der Waals surface area contributed by atoms with E-state index in [2.05, 4.69) is 23.6 Å². The highest BCUT2D eigenvalue weighted by atomic mass is 32.1. The molecule has 0 aliphatic carbocycles. The Labute approximate surface area is 168 Å². The van der Waals surface area contributed by atoms with E-state index in [1.165, 1.54) is 24.0 Å². The number of rotatable bonds is 4. The van der Waals surface area contributed by atoms with Gasteiger partial charge in [0.05, 0.1) is 12.7 Å². The molecular formula is C21H20N2O2S2. The van der Waals surface area contributed by atoms with Crippen LogP contribution in [-0.4, -0.2) is 18.2 Å². The van der Waals surface area contributed by atoms with Crippen LogP contribution < -0.4 is 10.6 Å². The lowest BCUT2D eigenvalue weighted by molar-refractivity contribution is 0.0602. The number of nitrogens with one attached hydrogen (secondary N) is 2. The van der Waals surface area contributed by atoms with Gasteiger partial charge in [-0.05, 0) is 54.9 Å². The molecule has 0 spiro atoms. The summed E-state index contributed by atoms with van der Waals surface area (Å²) in [6.45, 7) is 4.09. The first-order chi connectivity index (χ1) is 13.0. The molecule has 2 aromatic carbocycles. The number of hydrogen-bond acceptors (Lipinski definition) is 4. The first-order valence-electron chi connectivity index (χ1n) is 8.41. The summed E-state index contributed by atoms with van der Waals surface area (Å²) in [5, 5.41) is 7.44. The summed E-state index contributed by atoms with van der Waals surface area (Å²) < 4.78 is 4.92. The number of esters is 1. The van der Waals surface area contributed by atoms with E-state index in [4.69, 9.17) is 17.0 Å². The highest BCUT2D eigenvalue weighted by Crippen LogP contribution is 2.36. The van der Waals surface area contributed by atoms with Gasteiger partial charge in [-0.25, -0.2) is 4.79 Å². The van der Waals surface area contributed by atoms with Gasteiger partial charge in [-0.15, -0.1) is 11.3 Å². The molecule has 0 aliphatic heterocycles. The molecule has 0 radical (unpaired) electrons. The van der Waals surface area contributed by atoms with Crippen molar-refractivity contribution in [3.8, 4) is 10.4 Å². The van der Waals surface area contributed by atoms with Crippen LogP contribution in [0.25, 0.3) is 10.4 Å². The molecule has 0 atom stereocenters. The van der Waals surface area contributed by atoms with E-state index in [1.807, 2.05) is 55.5 Å². The van der Waals surface area contributed by atoms with Crippen molar-refractivity contribution >= 4 is 45.3 Å². The molecule has 138 valence electrons. The average Bonchev–Trinajstić information content (AvgIpc) is 3.09. The Bertz CT molecular complexity index is 981. The van der Waals surface area contributed by atoms with Crippen LogP contribution >= 0.6 is 23.6 Å². The molecule has 3 rings (SSSR count). The number of aryl methyl sites for hydroxylation is 1. The summed E-state index contributed by atoms with van der Waals surface area (Å²) in [6.07, 6.45) is 0. The van der Waals surface area contributed by atoms with E-state index >= 15 is 0 Å². The Kier molecular flexibility index (Phi) is 5.88. The standard InChI is InChI=1S/C21H20N2O2S2/c1-13-8-7-11-17(14(13)2)22-21(26)23-19-16(20(24)25-3)12-18(27-19)15-9-5-4-6-10-15/h4-12H,1-3H3,(H2,22,23,26). The van der Waals surface area contributed by atoms with E-state index in [0.717, 1.165) is 21.7 Å². The number of anilines is 2. The first kappa shape index (κ1) is 19.1. The number of benzene rings is 2. The summed E-state index contributed by atoms with van der Waals surface area (Å²) in [6, 6.07) is 17.7. The number of carbonyl (C=O) groups excluding carboxylic acids is 1. The number of ether oxygens (including phenoxy) is 1. The summed E-state index contributed by atoms with van der Waals surface area (Å²) in [7, 11) is 1.37. The topological polar surface area (TPSA) is 50.4 Å². The van der Waals surface area contributed by atoms with E-state index in [9.17, 15) is 4.79 Å². The molecule has 0 bridgehead atoms. The maximum Gasteiger partial charge on any atom is 0.340 e. The molecule has 0 amide bonds. The average molecular weight is 397 g/mol. The molecule has 0 saturated carbocycles. The van der Waals surface area contributed by atoms with Gasteiger partial charge in [0.2, 0.25) is 0 Å². The van der Waals surface area contributed by atoms with Crippen LogP contribution in [0.4, 0.5) is 10.7 Å². The Morgan fingerprint density at radius 1 is 1.04 bits per heavy atom. The van der Waals surface area contributed by atoms with Crippen molar-refractivity contribution in [1.82, 2.24) is 0 Å². The number of hydrogen-bond donors (Lipinski definition) is 2. The highest BCUT2D eigenvalue weighted by Gasteiger charge is 2.18. The molecule has 0 aliphatic rings. The molecular weight excluding hydrogens is 376 g/mol. The molecule has 2 N–H and O–H groups in total. The zero-order chi connectivity index (χ0) is 19.4. The van der Waals surface area contributed by atoms with E-state index in [-0.39, 0.29) is 0 Å². The third kappa shape index (κ3) is 4.35. The molecule has 0 fully saturated rings. The molecule has 3 aromatic rings. The zero-order valence-electron chi connectivity index (χ0n) is 15.3.